The van der Waals surface area contributed by atoms with Crippen LogP contribution in [0.25, 0.3) is 5.69 Å². The summed E-state index contributed by atoms with van der Waals surface area (Å²) in [5.41, 5.74) is 4.05. The first-order valence-electron chi connectivity index (χ1n) is 6.93. The molecule has 1 aromatic carbocycles. The predicted octanol–water partition coefficient (Wildman–Crippen LogP) is 3.54. The normalized spacial score (nSPS) is 12.6. The largest absolute Gasteiger partial charge is 0.416 e. The molecule has 12 heteroatoms. The number of hydrogen-bond acceptors (Lipinski definition) is 6. The molecule has 0 spiro atoms. The number of aliphatic imine (C=N–C) groups is 1. The van der Waals surface area contributed by atoms with Crippen molar-refractivity contribution in [3.8, 4) is 17.8 Å². The molecule has 0 fully saturated rings. The number of aryl methyl sites for hydroxylation is 1. The number of benzene rings is 1. The van der Waals surface area contributed by atoms with Crippen molar-refractivity contribution in [1.29, 1.82) is 10.5 Å². The minimum absolute atomic E-state index is 0.0540. The zero-order valence-electron chi connectivity index (χ0n) is 13.4. The molecular weight excluding hydrogens is 406 g/mol. The molecular formula is C15H8Cl2F3N7. The standard InChI is InChI=1S/C15H8Cl2F3N7/c1-7-13(6-24-12(5-22)11(23)4-21)26-27(25-7)14-9(16)2-8(3-10(14)17)15(18,19)20/h2-3,6H,23H2,1H3/b12-11-,24-6?. The molecule has 2 N–H and O–H groups in total. The van der Waals surface area contributed by atoms with Crippen LogP contribution in [0.15, 0.2) is 28.5 Å². The minimum atomic E-state index is -4.61. The molecule has 1 aromatic heterocycles. The molecule has 7 nitrogen and oxygen atoms in total. The van der Waals surface area contributed by atoms with E-state index in [9.17, 15) is 13.2 Å². The Labute approximate surface area is 160 Å². The van der Waals surface area contributed by atoms with Crippen LogP contribution in [-0.2, 0) is 6.18 Å². The number of allylic oxidation sites excluding steroid dienone is 2. The van der Waals surface area contributed by atoms with Crippen molar-refractivity contribution in [1.82, 2.24) is 15.0 Å². The maximum absolute atomic E-state index is 12.8. The lowest BCUT2D eigenvalue weighted by molar-refractivity contribution is -0.137. The first-order valence-corrected chi connectivity index (χ1v) is 7.68. The molecule has 0 saturated heterocycles. The van der Waals surface area contributed by atoms with E-state index in [4.69, 9.17) is 39.5 Å². The number of nitrogens with zero attached hydrogens (tertiary/aromatic N) is 6. The molecule has 0 unspecified atom stereocenters. The Hall–Kier alpha value is -3.08. The molecule has 0 atom stereocenters. The van der Waals surface area contributed by atoms with Gasteiger partial charge in [0.15, 0.2) is 5.70 Å². The molecule has 0 aliphatic carbocycles. The van der Waals surface area contributed by atoms with Gasteiger partial charge in [-0.1, -0.05) is 23.2 Å². The van der Waals surface area contributed by atoms with Crippen molar-refractivity contribution in [3.05, 3.63) is 50.5 Å². The van der Waals surface area contributed by atoms with Crippen LogP contribution >= 0.6 is 23.2 Å². The van der Waals surface area contributed by atoms with E-state index >= 15 is 0 Å². The number of nitriles is 2. The van der Waals surface area contributed by atoms with Crippen LogP contribution in [0.1, 0.15) is 17.0 Å². The zero-order chi connectivity index (χ0) is 20.4. The lowest BCUT2D eigenvalue weighted by Gasteiger charge is -2.11. The van der Waals surface area contributed by atoms with Gasteiger partial charge in [-0.3, -0.25) is 0 Å². The van der Waals surface area contributed by atoms with Gasteiger partial charge < -0.3 is 5.73 Å². The molecule has 1 heterocycles. The van der Waals surface area contributed by atoms with E-state index in [2.05, 4.69) is 15.2 Å². The number of alkyl halides is 3. The number of aromatic nitrogens is 3. The fourth-order valence-corrected chi connectivity index (χ4v) is 2.51. The van der Waals surface area contributed by atoms with Crippen LogP contribution in [0.4, 0.5) is 13.2 Å². The van der Waals surface area contributed by atoms with Crippen LogP contribution in [0.5, 0.6) is 0 Å². The van der Waals surface area contributed by atoms with Crippen LogP contribution in [-0.4, -0.2) is 21.2 Å². The van der Waals surface area contributed by atoms with Gasteiger partial charge in [-0.25, -0.2) is 4.99 Å². The minimum Gasteiger partial charge on any atom is -0.388 e. The molecule has 0 radical (unpaired) electrons. The third-order valence-corrected chi connectivity index (χ3v) is 3.74. The van der Waals surface area contributed by atoms with Gasteiger partial charge in [0.05, 0.1) is 27.5 Å². The number of hydrogen-bond donors (Lipinski definition) is 1. The summed E-state index contributed by atoms with van der Waals surface area (Å²) in [5.74, 6) is 0. The molecule has 2 aromatic rings. The van der Waals surface area contributed by atoms with Crippen molar-refractivity contribution in [2.75, 3.05) is 0 Å². The SMILES string of the molecule is Cc1nn(-c2c(Cl)cc(C(F)(F)F)cc2Cl)nc1C=N/C(C#N)=C(\N)C#N. The highest BCUT2D eigenvalue weighted by Gasteiger charge is 2.32. The van der Waals surface area contributed by atoms with Gasteiger partial charge in [0.2, 0.25) is 0 Å². The van der Waals surface area contributed by atoms with Gasteiger partial charge in [0, 0.05) is 0 Å². The fourth-order valence-electron chi connectivity index (χ4n) is 1.87. The summed E-state index contributed by atoms with van der Waals surface area (Å²) in [6.07, 6.45) is -3.48. The summed E-state index contributed by atoms with van der Waals surface area (Å²) in [6.45, 7) is 1.54. The lowest BCUT2D eigenvalue weighted by atomic mass is 10.2. The van der Waals surface area contributed by atoms with E-state index in [0.717, 1.165) is 11.0 Å². The monoisotopic (exact) mass is 413 g/mol. The summed E-state index contributed by atoms with van der Waals surface area (Å²) in [4.78, 5) is 4.71. The number of nitrogens with two attached hydrogens (primary N) is 1. The first-order chi connectivity index (χ1) is 12.6. The Morgan fingerprint density at radius 3 is 2.30 bits per heavy atom. The number of rotatable bonds is 3. The second-order valence-corrected chi connectivity index (χ2v) is 5.80. The van der Waals surface area contributed by atoms with Crippen molar-refractivity contribution in [2.45, 2.75) is 13.1 Å². The van der Waals surface area contributed by atoms with Crippen molar-refractivity contribution in [3.63, 3.8) is 0 Å². The van der Waals surface area contributed by atoms with E-state index < -0.39 is 11.7 Å². The van der Waals surface area contributed by atoms with E-state index in [1.54, 1.807) is 19.1 Å². The molecule has 2 rings (SSSR count). The van der Waals surface area contributed by atoms with Gasteiger partial charge in [-0.15, -0.1) is 9.90 Å². The van der Waals surface area contributed by atoms with Gasteiger partial charge in [0.25, 0.3) is 0 Å². The number of halogens is 5. The van der Waals surface area contributed by atoms with E-state index in [1.165, 1.54) is 0 Å². The van der Waals surface area contributed by atoms with Crippen LogP contribution in [0.3, 0.4) is 0 Å². The predicted molar refractivity (Wildman–Crippen MR) is 91.2 cm³/mol. The van der Waals surface area contributed by atoms with Crippen molar-refractivity contribution >= 4 is 29.4 Å². The Morgan fingerprint density at radius 1 is 1.22 bits per heavy atom. The first kappa shape index (κ1) is 20.2. The maximum atomic E-state index is 12.8. The second kappa shape index (κ2) is 7.66. The summed E-state index contributed by atoms with van der Waals surface area (Å²) < 4.78 is 38.5. The quantitative estimate of drug-likeness (QED) is 0.609. The molecule has 0 bridgehead atoms. The lowest BCUT2D eigenvalue weighted by Crippen LogP contribution is -2.08. The second-order valence-electron chi connectivity index (χ2n) is 4.99. The van der Waals surface area contributed by atoms with Crippen molar-refractivity contribution in [2.24, 2.45) is 10.7 Å². The fraction of sp³-hybridized carbons (Fsp3) is 0.133. The summed E-state index contributed by atoms with van der Waals surface area (Å²) in [6, 6.07) is 4.65. The van der Waals surface area contributed by atoms with Crippen LogP contribution in [0, 0.1) is 29.6 Å². The topological polar surface area (TPSA) is 117 Å². The molecule has 138 valence electrons. The third kappa shape index (κ3) is 4.37. The summed E-state index contributed by atoms with van der Waals surface area (Å²) in [5, 5.41) is 25.0. The summed E-state index contributed by atoms with van der Waals surface area (Å²) in [7, 11) is 0. The van der Waals surface area contributed by atoms with Gasteiger partial charge in [-0.05, 0) is 19.1 Å². The zero-order valence-corrected chi connectivity index (χ0v) is 14.9. The average molecular weight is 414 g/mol. The van der Waals surface area contributed by atoms with Gasteiger partial charge >= 0.3 is 6.18 Å². The molecule has 27 heavy (non-hydrogen) atoms. The van der Waals surface area contributed by atoms with E-state index in [1.807, 2.05) is 0 Å². The van der Waals surface area contributed by atoms with Gasteiger partial charge in [0.1, 0.15) is 29.2 Å². The van der Waals surface area contributed by atoms with Crippen LogP contribution in [0.2, 0.25) is 10.0 Å². The molecule has 0 amide bonds. The Balaban J connectivity index is 2.49. The summed E-state index contributed by atoms with van der Waals surface area (Å²) >= 11 is 11.9. The Bertz CT molecular complexity index is 1020. The third-order valence-electron chi connectivity index (χ3n) is 3.16. The molecule has 0 aliphatic rings. The Kier molecular flexibility index (Phi) is 5.74. The Morgan fingerprint density at radius 2 is 1.81 bits per heavy atom. The van der Waals surface area contributed by atoms with Gasteiger partial charge in [-0.2, -0.15) is 28.8 Å². The average Bonchev–Trinajstić information content (AvgIpc) is 2.94. The highest BCUT2D eigenvalue weighted by atomic mass is 35.5. The molecule has 0 aliphatic heterocycles. The van der Waals surface area contributed by atoms with Crippen LogP contribution < -0.4 is 5.73 Å². The maximum Gasteiger partial charge on any atom is 0.416 e. The highest BCUT2D eigenvalue weighted by molar-refractivity contribution is 6.37. The van der Waals surface area contributed by atoms with E-state index in [0.29, 0.717) is 17.8 Å². The smallest absolute Gasteiger partial charge is 0.388 e. The van der Waals surface area contributed by atoms with Crippen molar-refractivity contribution < 1.29 is 13.2 Å². The van der Waals surface area contributed by atoms with E-state index in [-0.39, 0.29) is 32.8 Å². The molecule has 0 saturated carbocycles. The highest BCUT2D eigenvalue weighted by Crippen LogP contribution is 2.37.